The van der Waals surface area contributed by atoms with Gasteiger partial charge in [0, 0.05) is 25.7 Å². The van der Waals surface area contributed by atoms with Crippen LogP contribution in [0.4, 0.5) is 0 Å². The Kier molecular flexibility index (Phi) is 7.40. The van der Waals surface area contributed by atoms with Crippen LogP contribution in [0.2, 0.25) is 0 Å². The predicted octanol–water partition coefficient (Wildman–Crippen LogP) is 3.17. The molecule has 3 aliphatic rings. The summed E-state index contributed by atoms with van der Waals surface area (Å²) >= 11 is 0. The summed E-state index contributed by atoms with van der Waals surface area (Å²) in [7, 11) is 4.00. The highest BCUT2D eigenvalue weighted by Crippen LogP contribution is 2.27. The van der Waals surface area contributed by atoms with Crippen LogP contribution in [0.1, 0.15) is 42.7 Å². The van der Waals surface area contributed by atoms with E-state index in [9.17, 15) is 0 Å². The number of nitrogens with one attached hydrogen (secondary N) is 2. The van der Waals surface area contributed by atoms with Crippen LogP contribution in [0, 0.1) is 0 Å². The lowest BCUT2D eigenvalue weighted by molar-refractivity contribution is -0.663. The molecule has 0 amide bonds. The van der Waals surface area contributed by atoms with Gasteiger partial charge in [0.1, 0.15) is 24.8 Å². The molecule has 39 heavy (non-hydrogen) atoms. The summed E-state index contributed by atoms with van der Waals surface area (Å²) in [5.41, 5.74) is 4.72. The maximum atomic E-state index is 6.19. The van der Waals surface area contributed by atoms with Gasteiger partial charge in [0.05, 0.1) is 24.5 Å². The highest BCUT2D eigenvalue weighted by Gasteiger charge is 2.24. The highest BCUT2D eigenvalue weighted by molar-refractivity contribution is 5.99. The van der Waals surface area contributed by atoms with Crippen molar-refractivity contribution in [2.24, 2.45) is 19.1 Å². The fourth-order valence-electron chi connectivity index (χ4n) is 5.57. The zero-order valence-electron chi connectivity index (χ0n) is 22.8. The lowest BCUT2D eigenvalue weighted by Crippen LogP contribution is -2.36. The molecule has 9 heteroatoms. The summed E-state index contributed by atoms with van der Waals surface area (Å²) in [5.74, 6) is 3.01. The molecule has 6 rings (SSSR count). The van der Waals surface area contributed by atoms with Crippen LogP contribution in [0.15, 0.2) is 78.1 Å². The summed E-state index contributed by atoms with van der Waals surface area (Å²) < 4.78 is 10.1. The normalized spacial score (nSPS) is 19.8. The second kappa shape index (κ2) is 11.4. The van der Waals surface area contributed by atoms with Crippen molar-refractivity contribution in [1.82, 2.24) is 30.3 Å². The smallest absolute Gasteiger partial charge is 0.330 e. The molecule has 1 unspecified atom stereocenters. The molecule has 2 aromatic heterocycles. The van der Waals surface area contributed by atoms with Crippen molar-refractivity contribution < 1.29 is 9.30 Å². The number of aromatic nitrogens is 4. The third-order valence-electron chi connectivity index (χ3n) is 7.62. The average molecular weight is 526 g/mol. The first kappa shape index (κ1) is 25.3. The molecule has 9 nitrogen and oxygen atoms in total. The van der Waals surface area contributed by atoms with E-state index in [0.29, 0.717) is 12.6 Å². The van der Waals surface area contributed by atoms with Crippen molar-refractivity contribution >= 4 is 5.84 Å². The fourth-order valence-corrected chi connectivity index (χ4v) is 5.57. The maximum absolute atomic E-state index is 6.19. The zero-order valence-corrected chi connectivity index (χ0v) is 22.8. The molecule has 0 bridgehead atoms. The Morgan fingerprint density at radius 3 is 2.87 bits per heavy atom. The molecule has 0 aliphatic carbocycles. The minimum atomic E-state index is 0.257. The number of benzene rings is 1. The van der Waals surface area contributed by atoms with Crippen LogP contribution in [0.5, 0.6) is 5.75 Å². The van der Waals surface area contributed by atoms with Gasteiger partial charge in [0.15, 0.2) is 6.20 Å². The summed E-state index contributed by atoms with van der Waals surface area (Å²) in [5, 5.41) is 11.2. The highest BCUT2D eigenvalue weighted by atomic mass is 16.5. The molecule has 0 saturated carbocycles. The van der Waals surface area contributed by atoms with E-state index in [1.54, 1.807) is 0 Å². The SMILES string of the molecule is Cn1cc(C2C=CNC3=NCN(Cc4cccc(-c5ncc(OC6CCNCC6)c[n+]5C)c4)C3=CCC2)cn1. The van der Waals surface area contributed by atoms with Gasteiger partial charge in [-0.3, -0.25) is 4.68 Å². The zero-order chi connectivity index (χ0) is 26.6. The number of nitrogens with zero attached hydrogens (tertiary/aromatic N) is 6. The van der Waals surface area contributed by atoms with E-state index < -0.39 is 0 Å². The Labute approximate surface area is 229 Å². The fraction of sp³-hybridized carbons (Fsp3) is 0.400. The van der Waals surface area contributed by atoms with E-state index in [-0.39, 0.29) is 6.10 Å². The van der Waals surface area contributed by atoms with Crippen molar-refractivity contribution in [3.63, 3.8) is 0 Å². The Morgan fingerprint density at radius 2 is 2.05 bits per heavy atom. The number of hydrogen-bond donors (Lipinski definition) is 2. The molecule has 1 fully saturated rings. The minimum Gasteiger partial charge on any atom is -0.483 e. The summed E-state index contributed by atoms with van der Waals surface area (Å²) in [6.45, 7) is 3.44. The van der Waals surface area contributed by atoms with Gasteiger partial charge in [-0.15, -0.1) is 0 Å². The van der Waals surface area contributed by atoms with Crippen molar-refractivity contribution in [2.75, 3.05) is 19.8 Å². The second-order valence-corrected chi connectivity index (χ2v) is 10.6. The van der Waals surface area contributed by atoms with Crippen LogP contribution in [0.3, 0.4) is 0 Å². The Morgan fingerprint density at radius 1 is 1.15 bits per heavy atom. The van der Waals surface area contributed by atoms with Crippen molar-refractivity contribution in [3.8, 4) is 17.1 Å². The average Bonchev–Trinajstić information content (AvgIpc) is 3.56. The summed E-state index contributed by atoms with van der Waals surface area (Å²) in [4.78, 5) is 11.9. The number of aliphatic imine (C=N–C) groups is 1. The summed E-state index contributed by atoms with van der Waals surface area (Å²) in [6, 6.07) is 8.64. The first-order chi connectivity index (χ1) is 19.1. The first-order valence-corrected chi connectivity index (χ1v) is 13.9. The van der Waals surface area contributed by atoms with Crippen LogP contribution >= 0.6 is 0 Å². The van der Waals surface area contributed by atoms with Gasteiger partial charge in [-0.1, -0.05) is 24.3 Å². The van der Waals surface area contributed by atoms with E-state index >= 15 is 0 Å². The molecule has 5 heterocycles. The van der Waals surface area contributed by atoms with Gasteiger partial charge < -0.3 is 20.3 Å². The van der Waals surface area contributed by atoms with Crippen molar-refractivity contribution in [3.05, 3.63) is 84.2 Å². The molecular weight excluding hydrogens is 488 g/mol. The number of rotatable bonds is 6. The van der Waals surface area contributed by atoms with Gasteiger partial charge in [0.25, 0.3) is 0 Å². The number of amidine groups is 1. The quantitative estimate of drug-likeness (QED) is 0.481. The Bertz CT molecular complexity index is 1400. The number of aryl methyl sites for hydroxylation is 2. The second-order valence-electron chi connectivity index (χ2n) is 10.6. The lowest BCUT2D eigenvalue weighted by atomic mass is 9.97. The van der Waals surface area contributed by atoms with Crippen LogP contribution < -0.4 is 19.9 Å². The largest absolute Gasteiger partial charge is 0.483 e. The van der Waals surface area contributed by atoms with E-state index in [0.717, 1.165) is 68.3 Å². The minimum absolute atomic E-state index is 0.257. The maximum Gasteiger partial charge on any atom is 0.330 e. The van der Waals surface area contributed by atoms with Gasteiger partial charge in [-0.05, 0) is 73.2 Å². The monoisotopic (exact) mass is 525 g/mol. The number of allylic oxidation sites excluding steroid dienone is 2. The van der Waals surface area contributed by atoms with Crippen LogP contribution in [0.25, 0.3) is 11.4 Å². The standard InChI is InChI=1S/C30H37N8O/c1-36-20-27(39-26-10-12-31-13-11-26)17-33-30(36)24-7-3-5-22(15-24)18-38-21-34-29-28(38)8-4-6-23(9-14-32-29)25-16-35-37(2)19-25/h3,5,7-9,14-17,19-20,23,26,31H,4,6,10-13,18,21H2,1-2H3,(H,32,34)/q+1. The molecule has 2 N–H and O–H groups in total. The predicted molar refractivity (Wildman–Crippen MR) is 151 cm³/mol. The topological polar surface area (TPSA) is 83.5 Å². The van der Waals surface area contributed by atoms with Gasteiger partial charge >= 0.3 is 5.82 Å². The summed E-state index contributed by atoms with van der Waals surface area (Å²) in [6.07, 6.45) is 18.8. The third kappa shape index (κ3) is 5.88. The molecule has 3 aliphatic heterocycles. The van der Waals surface area contributed by atoms with Gasteiger partial charge in [0.2, 0.25) is 5.75 Å². The molecule has 202 valence electrons. The van der Waals surface area contributed by atoms with E-state index in [1.807, 2.05) is 43.6 Å². The lowest BCUT2D eigenvalue weighted by Gasteiger charge is -2.23. The molecular formula is C30H37N8O+. The molecule has 1 aromatic carbocycles. The number of fused-ring (bicyclic) bond motifs is 1. The van der Waals surface area contributed by atoms with E-state index in [4.69, 9.17) is 14.7 Å². The molecule has 1 saturated heterocycles. The van der Waals surface area contributed by atoms with E-state index in [2.05, 4.69) is 67.8 Å². The van der Waals surface area contributed by atoms with Gasteiger partial charge in [-0.2, -0.15) is 5.10 Å². The van der Waals surface area contributed by atoms with E-state index in [1.165, 1.54) is 16.8 Å². The van der Waals surface area contributed by atoms with Crippen LogP contribution in [-0.4, -0.2) is 51.4 Å². The Balaban J connectivity index is 1.14. The van der Waals surface area contributed by atoms with Crippen molar-refractivity contribution in [2.45, 2.75) is 44.2 Å². The third-order valence-corrected chi connectivity index (χ3v) is 7.62. The first-order valence-electron chi connectivity index (χ1n) is 13.9. The molecule has 3 aromatic rings. The number of piperidine rings is 1. The van der Waals surface area contributed by atoms with Gasteiger partial charge in [-0.25, -0.2) is 9.56 Å². The Hall–Kier alpha value is -3.98. The number of hydrogen-bond acceptors (Lipinski definition) is 7. The van der Waals surface area contributed by atoms with Crippen molar-refractivity contribution in [1.29, 1.82) is 0 Å². The molecule has 0 spiro atoms. The molecule has 0 radical (unpaired) electrons. The number of ether oxygens (including phenoxy) is 1. The molecule has 1 atom stereocenters. The van der Waals surface area contributed by atoms with Crippen LogP contribution in [-0.2, 0) is 20.6 Å².